The van der Waals surface area contributed by atoms with E-state index in [9.17, 15) is 13.2 Å². The standard InChI is InChI=1S/C22H25N3O4S/c1-4-25(5-2)30(27,28)19-11-12-21(29-3)20(16-19)23-22(26)17-9-8-10-18(15-17)24-13-6-7-14-24/h6-16H,4-5H2,1-3H3,(H,23,26). The molecule has 0 bridgehead atoms. The number of aromatic nitrogens is 1. The van der Waals surface area contributed by atoms with Gasteiger partial charge in [-0.2, -0.15) is 4.31 Å². The van der Waals surface area contributed by atoms with Crippen molar-refractivity contribution in [3.63, 3.8) is 0 Å². The molecular formula is C22H25N3O4S. The third-order valence-electron chi connectivity index (χ3n) is 4.77. The van der Waals surface area contributed by atoms with E-state index in [1.54, 1.807) is 38.1 Å². The number of anilines is 1. The van der Waals surface area contributed by atoms with Gasteiger partial charge in [0.05, 0.1) is 17.7 Å². The lowest BCUT2D eigenvalue weighted by molar-refractivity contribution is 0.102. The molecule has 3 rings (SSSR count). The zero-order chi connectivity index (χ0) is 21.7. The topological polar surface area (TPSA) is 80.6 Å². The van der Waals surface area contributed by atoms with Gasteiger partial charge in [0.2, 0.25) is 10.0 Å². The van der Waals surface area contributed by atoms with Gasteiger partial charge in [-0.05, 0) is 48.5 Å². The minimum atomic E-state index is -3.66. The summed E-state index contributed by atoms with van der Waals surface area (Å²) in [5.74, 6) is 0.0168. The Morgan fingerprint density at radius 3 is 2.37 bits per heavy atom. The SMILES string of the molecule is CCN(CC)S(=O)(=O)c1ccc(OC)c(NC(=O)c2cccc(-n3cccc3)c2)c1. The monoisotopic (exact) mass is 427 g/mol. The van der Waals surface area contributed by atoms with E-state index in [1.807, 2.05) is 35.2 Å². The molecule has 0 aliphatic carbocycles. The summed E-state index contributed by atoms with van der Waals surface area (Å²) in [4.78, 5) is 13.0. The Balaban J connectivity index is 1.92. The number of nitrogens with zero attached hydrogens (tertiary/aromatic N) is 2. The molecule has 1 amide bonds. The molecule has 158 valence electrons. The number of rotatable bonds is 8. The first-order chi connectivity index (χ1) is 14.4. The summed E-state index contributed by atoms with van der Waals surface area (Å²) < 4.78 is 34.3. The van der Waals surface area contributed by atoms with Crippen molar-refractivity contribution in [2.75, 3.05) is 25.5 Å². The van der Waals surface area contributed by atoms with Crippen molar-refractivity contribution in [3.05, 3.63) is 72.6 Å². The molecule has 0 radical (unpaired) electrons. The Labute approximate surface area is 176 Å². The molecule has 0 aliphatic heterocycles. The highest BCUT2D eigenvalue weighted by Crippen LogP contribution is 2.29. The third kappa shape index (κ3) is 4.39. The molecule has 3 aromatic rings. The molecule has 0 atom stereocenters. The van der Waals surface area contributed by atoms with Crippen LogP contribution < -0.4 is 10.1 Å². The van der Waals surface area contributed by atoms with Crippen LogP contribution in [0.3, 0.4) is 0 Å². The van der Waals surface area contributed by atoms with Gasteiger partial charge in [0.1, 0.15) is 5.75 Å². The van der Waals surface area contributed by atoms with Crippen molar-refractivity contribution in [3.8, 4) is 11.4 Å². The average Bonchev–Trinajstić information content (AvgIpc) is 3.29. The van der Waals surface area contributed by atoms with E-state index in [2.05, 4.69) is 5.32 Å². The zero-order valence-corrected chi connectivity index (χ0v) is 18.0. The number of nitrogens with one attached hydrogen (secondary N) is 1. The molecule has 8 heteroatoms. The minimum absolute atomic E-state index is 0.100. The van der Waals surface area contributed by atoms with Crippen LogP contribution in [-0.4, -0.2) is 43.4 Å². The Kier molecular flexibility index (Phi) is 6.59. The molecule has 0 fully saturated rings. The molecule has 0 saturated carbocycles. The molecule has 1 aromatic heterocycles. The van der Waals surface area contributed by atoms with Crippen LogP contribution in [0.15, 0.2) is 71.9 Å². The smallest absolute Gasteiger partial charge is 0.255 e. The average molecular weight is 428 g/mol. The summed E-state index contributed by atoms with van der Waals surface area (Å²) in [6.07, 6.45) is 3.78. The van der Waals surface area contributed by atoms with E-state index in [1.165, 1.54) is 23.5 Å². The second-order valence-corrected chi connectivity index (χ2v) is 8.48. The quantitative estimate of drug-likeness (QED) is 0.593. The van der Waals surface area contributed by atoms with E-state index in [0.29, 0.717) is 30.1 Å². The lowest BCUT2D eigenvalue weighted by Crippen LogP contribution is -2.30. The van der Waals surface area contributed by atoms with Crippen LogP contribution >= 0.6 is 0 Å². The van der Waals surface area contributed by atoms with Crippen molar-refractivity contribution in [2.45, 2.75) is 18.7 Å². The molecule has 2 aromatic carbocycles. The first-order valence-electron chi connectivity index (χ1n) is 9.63. The summed E-state index contributed by atoms with van der Waals surface area (Å²) in [5.41, 5.74) is 1.58. The fraction of sp³-hybridized carbons (Fsp3) is 0.227. The van der Waals surface area contributed by atoms with Crippen LogP contribution in [-0.2, 0) is 10.0 Å². The normalized spacial score (nSPS) is 11.5. The van der Waals surface area contributed by atoms with Crippen LogP contribution in [0.4, 0.5) is 5.69 Å². The van der Waals surface area contributed by atoms with Gasteiger partial charge in [0.25, 0.3) is 5.91 Å². The second kappa shape index (κ2) is 9.15. The number of carbonyl (C=O) groups excluding carboxylic acids is 1. The van der Waals surface area contributed by atoms with Crippen LogP contribution in [0.2, 0.25) is 0 Å². The number of benzene rings is 2. The molecule has 1 N–H and O–H groups in total. The molecule has 0 spiro atoms. The van der Waals surface area contributed by atoms with E-state index >= 15 is 0 Å². The predicted molar refractivity (Wildman–Crippen MR) is 117 cm³/mol. The largest absolute Gasteiger partial charge is 0.495 e. The van der Waals surface area contributed by atoms with E-state index in [-0.39, 0.29) is 10.8 Å². The highest BCUT2D eigenvalue weighted by atomic mass is 32.2. The van der Waals surface area contributed by atoms with Gasteiger partial charge in [-0.1, -0.05) is 19.9 Å². The first-order valence-corrected chi connectivity index (χ1v) is 11.1. The fourth-order valence-electron chi connectivity index (χ4n) is 3.17. The van der Waals surface area contributed by atoms with Gasteiger partial charge in [-0.3, -0.25) is 4.79 Å². The molecule has 0 saturated heterocycles. The van der Waals surface area contributed by atoms with E-state index in [4.69, 9.17) is 4.74 Å². The van der Waals surface area contributed by atoms with Crippen molar-refractivity contribution in [1.29, 1.82) is 0 Å². The van der Waals surface area contributed by atoms with Crippen LogP contribution in [0, 0.1) is 0 Å². The van der Waals surface area contributed by atoms with Crippen LogP contribution in [0.25, 0.3) is 5.69 Å². The maximum absolute atomic E-state index is 12.9. The molecule has 1 heterocycles. The van der Waals surface area contributed by atoms with E-state index in [0.717, 1.165) is 5.69 Å². The summed E-state index contributed by atoms with van der Waals surface area (Å²) >= 11 is 0. The number of carbonyl (C=O) groups is 1. The third-order valence-corrected chi connectivity index (χ3v) is 6.82. The number of ether oxygens (including phenoxy) is 1. The van der Waals surface area contributed by atoms with Crippen molar-refractivity contribution < 1.29 is 17.9 Å². The van der Waals surface area contributed by atoms with Gasteiger partial charge in [0.15, 0.2) is 0 Å². The zero-order valence-electron chi connectivity index (χ0n) is 17.2. The predicted octanol–water partition coefficient (Wildman–Crippen LogP) is 3.77. The van der Waals surface area contributed by atoms with Gasteiger partial charge < -0.3 is 14.6 Å². The number of sulfonamides is 1. The van der Waals surface area contributed by atoms with Crippen LogP contribution in [0.5, 0.6) is 5.75 Å². The highest BCUT2D eigenvalue weighted by molar-refractivity contribution is 7.89. The van der Waals surface area contributed by atoms with Crippen molar-refractivity contribution >= 4 is 21.6 Å². The minimum Gasteiger partial charge on any atom is -0.495 e. The molecular weight excluding hydrogens is 402 g/mol. The van der Waals surface area contributed by atoms with Gasteiger partial charge in [-0.25, -0.2) is 8.42 Å². The number of methoxy groups -OCH3 is 1. The highest BCUT2D eigenvalue weighted by Gasteiger charge is 2.23. The second-order valence-electron chi connectivity index (χ2n) is 6.55. The van der Waals surface area contributed by atoms with Crippen molar-refractivity contribution in [2.24, 2.45) is 0 Å². The summed E-state index contributed by atoms with van der Waals surface area (Å²) in [7, 11) is -2.19. The lowest BCUT2D eigenvalue weighted by atomic mass is 10.1. The Morgan fingerprint density at radius 1 is 1.03 bits per heavy atom. The summed E-state index contributed by atoms with van der Waals surface area (Å²) in [6.45, 7) is 4.29. The maximum Gasteiger partial charge on any atom is 0.255 e. The number of amides is 1. The Bertz CT molecular complexity index is 1120. The summed E-state index contributed by atoms with van der Waals surface area (Å²) in [5, 5.41) is 2.78. The lowest BCUT2D eigenvalue weighted by Gasteiger charge is -2.19. The molecule has 7 nitrogen and oxygen atoms in total. The van der Waals surface area contributed by atoms with E-state index < -0.39 is 10.0 Å². The van der Waals surface area contributed by atoms with Crippen molar-refractivity contribution in [1.82, 2.24) is 8.87 Å². The van der Waals surface area contributed by atoms with Gasteiger partial charge >= 0.3 is 0 Å². The number of hydrogen-bond acceptors (Lipinski definition) is 4. The van der Waals surface area contributed by atoms with Gasteiger partial charge in [0, 0.05) is 36.7 Å². The fourth-order valence-corrected chi connectivity index (χ4v) is 4.65. The molecule has 30 heavy (non-hydrogen) atoms. The summed E-state index contributed by atoms with van der Waals surface area (Å²) in [6, 6.07) is 15.4. The molecule has 0 unspecified atom stereocenters. The first kappa shape index (κ1) is 21.6. The number of hydrogen-bond donors (Lipinski definition) is 1. The molecule has 0 aliphatic rings. The maximum atomic E-state index is 12.9. The van der Waals surface area contributed by atoms with Crippen LogP contribution in [0.1, 0.15) is 24.2 Å². The Hall–Kier alpha value is -3.10. The van der Waals surface area contributed by atoms with Gasteiger partial charge in [-0.15, -0.1) is 0 Å². The Morgan fingerprint density at radius 2 is 1.73 bits per heavy atom.